The van der Waals surface area contributed by atoms with Crippen molar-refractivity contribution in [2.24, 2.45) is 5.73 Å². The minimum atomic E-state index is -0.153. The van der Waals surface area contributed by atoms with E-state index in [1.54, 1.807) is 17.8 Å². The Morgan fingerprint density at radius 3 is 2.83 bits per heavy atom. The molecule has 0 radical (unpaired) electrons. The minimum Gasteiger partial charge on any atom is -0.508 e. The number of nitrogens with two attached hydrogens (primary N) is 1. The van der Waals surface area contributed by atoms with Gasteiger partial charge in [-0.25, -0.2) is 0 Å². The highest BCUT2D eigenvalue weighted by atomic mass is 32.2. The van der Waals surface area contributed by atoms with Crippen molar-refractivity contribution < 1.29 is 10.2 Å². The molecule has 4 N–H and O–H groups in total. The van der Waals surface area contributed by atoms with Gasteiger partial charge in [0.05, 0.1) is 6.61 Å². The molecule has 18 heavy (non-hydrogen) atoms. The predicted octanol–water partition coefficient (Wildman–Crippen LogP) is 1.65. The first-order chi connectivity index (χ1) is 8.46. The molecule has 2 unspecified atom stereocenters. The fourth-order valence-electron chi connectivity index (χ4n) is 2.70. The highest BCUT2D eigenvalue weighted by Gasteiger charge is 2.40. The summed E-state index contributed by atoms with van der Waals surface area (Å²) in [5, 5.41) is 18.9. The van der Waals surface area contributed by atoms with Crippen LogP contribution in [0.15, 0.2) is 18.2 Å². The third-order valence-electron chi connectivity index (χ3n) is 3.87. The van der Waals surface area contributed by atoms with Crippen LogP contribution in [0.4, 0.5) is 0 Å². The van der Waals surface area contributed by atoms with Gasteiger partial charge >= 0.3 is 0 Å². The van der Waals surface area contributed by atoms with Crippen molar-refractivity contribution in [3.05, 3.63) is 29.3 Å². The van der Waals surface area contributed by atoms with E-state index >= 15 is 0 Å². The smallest absolute Gasteiger partial charge is 0.115 e. The van der Waals surface area contributed by atoms with E-state index in [0.717, 1.165) is 17.7 Å². The normalized spacial score (nSPS) is 25.8. The summed E-state index contributed by atoms with van der Waals surface area (Å²) in [4.78, 5) is 0. The molecule has 2 atom stereocenters. The molecule has 0 fully saturated rings. The number of thioether (sulfide) groups is 1. The second kappa shape index (κ2) is 5.11. The van der Waals surface area contributed by atoms with Gasteiger partial charge < -0.3 is 15.9 Å². The van der Waals surface area contributed by atoms with Crippen LogP contribution in [-0.2, 0) is 11.8 Å². The number of aliphatic hydroxyl groups excluding tert-OH is 1. The van der Waals surface area contributed by atoms with Gasteiger partial charge in [-0.15, -0.1) is 0 Å². The maximum atomic E-state index is 9.63. The molecule has 1 aromatic carbocycles. The van der Waals surface area contributed by atoms with Gasteiger partial charge in [0.25, 0.3) is 0 Å². The number of benzene rings is 1. The molecular weight excluding hydrogens is 246 g/mol. The number of fused-ring (bicyclic) bond motifs is 1. The molecule has 0 heterocycles. The molecule has 0 bridgehead atoms. The first-order valence-electron chi connectivity index (χ1n) is 6.27. The van der Waals surface area contributed by atoms with Gasteiger partial charge in [0.1, 0.15) is 5.75 Å². The third kappa shape index (κ3) is 2.37. The van der Waals surface area contributed by atoms with Crippen molar-refractivity contribution in [3.8, 4) is 5.75 Å². The fourth-order valence-corrected chi connectivity index (χ4v) is 3.95. The Kier molecular flexibility index (Phi) is 3.90. The molecular formula is C14H21NO2S. The van der Waals surface area contributed by atoms with Gasteiger partial charge in [-0.3, -0.25) is 0 Å². The van der Waals surface area contributed by atoms with E-state index in [9.17, 15) is 5.11 Å². The molecule has 0 aromatic heterocycles. The molecule has 100 valence electrons. The highest BCUT2D eigenvalue weighted by Crippen LogP contribution is 2.41. The van der Waals surface area contributed by atoms with Crippen molar-refractivity contribution in [2.45, 2.75) is 37.0 Å². The van der Waals surface area contributed by atoms with Crippen molar-refractivity contribution in [1.29, 1.82) is 0 Å². The summed E-state index contributed by atoms with van der Waals surface area (Å²) < 4.78 is 0. The van der Waals surface area contributed by atoms with Crippen LogP contribution in [0.3, 0.4) is 0 Å². The van der Waals surface area contributed by atoms with Crippen molar-refractivity contribution in [1.82, 2.24) is 0 Å². The number of phenols is 1. The van der Waals surface area contributed by atoms with Gasteiger partial charge in [0.2, 0.25) is 0 Å². The number of aromatic hydroxyl groups is 1. The molecule has 0 saturated heterocycles. The Hall–Kier alpha value is -0.710. The molecule has 0 saturated carbocycles. The average molecular weight is 267 g/mol. The Morgan fingerprint density at radius 2 is 2.17 bits per heavy atom. The van der Waals surface area contributed by atoms with Crippen molar-refractivity contribution in [2.75, 3.05) is 12.4 Å². The van der Waals surface area contributed by atoms with Gasteiger partial charge in [-0.05, 0) is 29.7 Å². The zero-order valence-corrected chi connectivity index (χ0v) is 11.7. The summed E-state index contributed by atoms with van der Waals surface area (Å²) in [5.41, 5.74) is 8.63. The molecule has 1 aliphatic carbocycles. The lowest BCUT2D eigenvalue weighted by Gasteiger charge is -2.43. The van der Waals surface area contributed by atoms with Crippen LogP contribution < -0.4 is 5.73 Å². The van der Waals surface area contributed by atoms with Crippen LogP contribution in [-0.4, -0.2) is 33.9 Å². The molecule has 2 rings (SSSR count). The number of hydrogen-bond acceptors (Lipinski definition) is 4. The second-order valence-corrected chi connectivity index (χ2v) is 6.77. The van der Waals surface area contributed by atoms with Crippen LogP contribution in [0, 0.1) is 0 Å². The Morgan fingerprint density at radius 1 is 1.44 bits per heavy atom. The van der Waals surface area contributed by atoms with Gasteiger partial charge in [-0.1, -0.05) is 19.9 Å². The Bertz CT molecular complexity index is 434. The molecule has 1 aliphatic rings. The van der Waals surface area contributed by atoms with E-state index in [2.05, 4.69) is 13.8 Å². The van der Waals surface area contributed by atoms with Crippen LogP contribution in [0.25, 0.3) is 0 Å². The second-order valence-electron chi connectivity index (χ2n) is 5.43. The maximum absolute atomic E-state index is 9.63. The molecule has 4 heteroatoms. The molecule has 1 aromatic rings. The van der Waals surface area contributed by atoms with E-state index in [1.165, 1.54) is 5.56 Å². The Labute approximate surface area is 112 Å². The average Bonchev–Trinajstić information content (AvgIpc) is 2.33. The maximum Gasteiger partial charge on any atom is 0.115 e. The SMILES string of the molecule is CC1(C)c2cc(O)ccc2CC(SCCO)C1N. The van der Waals surface area contributed by atoms with Crippen LogP contribution in [0.2, 0.25) is 0 Å². The highest BCUT2D eigenvalue weighted by molar-refractivity contribution is 8.00. The third-order valence-corrected chi connectivity index (χ3v) is 5.17. The molecule has 0 spiro atoms. The lowest BCUT2D eigenvalue weighted by Crippen LogP contribution is -2.52. The molecule has 3 nitrogen and oxygen atoms in total. The van der Waals surface area contributed by atoms with Crippen LogP contribution >= 0.6 is 11.8 Å². The fraction of sp³-hybridized carbons (Fsp3) is 0.571. The summed E-state index contributed by atoms with van der Waals surface area (Å²) in [6.45, 7) is 4.44. The zero-order valence-electron chi connectivity index (χ0n) is 10.9. The van der Waals surface area contributed by atoms with E-state index in [1.807, 2.05) is 12.1 Å². The lowest BCUT2D eigenvalue weighted by atomic mass is 9.69. The number of phenolic OH excluding ortho intramolecular Hbond substituents is 1. The number of rotatable bonds is 3. The van der Waals surface area contributed by atoms with Gasteiger partial charge in [0, 0.05) is 22.5 Å². The molecule has 0 amide bonds. The zero-order chi connectivity index (χ0) is 13.3. The summed E-state index contributed by atoms with van der Waals surface area (Å²) in [7, 11) is 0. The topological polar surface area (TPSA) is 66.5 Å². The minimum absolute atomic E-state index is 0.0309. The first-order valence-corrected chi connectivity index (χ1v) is 7.32. The summed E-state index contributed by atoms with van der Waals surface area (Å²) >= 11 is 1.74. The van der Waals surface area contributed by atoms with Crippen LogP contribution in [0.1, 0.15) is 25.0 Å². The summed E-state index contributed by atoms with van der Waals surface area (Å²) in [6, 6.07) is 5.59. The van der Waals surface area contributed by atoms with E-state index in [4.69, 9.17) is 10.8 Å². The molecule has 0 aliphatic heterocycles. The first kappa shape index (κ1) is 13.7. The predicted molar refractivity (Wildman–Crippen MR) is 76.1 cm³/mol. The Balaban J connectivity index is 2.34. The van der Waals surface area contributed by atoms with Crippen LogP contribution in [0.5, 0.6) is 5.75 Å². The lowest BCUT2D eigenvalue weighted by molar-refractivity contribution is 0.321. The standard InChI is InChI=1S/C14H21NO2S/c1-14(2)11-8-10(17)4-3-9(11)7-12(13(14)15)18-6-5-16/h3-4,8,12-13,16-17H,5-7,15H2,1-2H3. The van der Waals surface area contributed by atoms with E-state index in [0.29, 0.717) is 11.0 Å². The van der Waals surface area contributed by atoms with Crippen molar-refractivity contribution in [3.63, 3.8) is 0 Å². The van der Waals surface area contributed by atoms with Gasteiger partial charge in [-0.2, -0.15) is 11.8 Å². The van der Waals surface area contributed by atoms with E-state index < -0.39 is 0 Å². The number of hydrogen-bond donors (Lipinski definition) is 3. The summed E-state index contributed by atoms with van der Waals surface area (Å²) in [6.07, 6.45) is 0.908. The largest absolute Gasteiger partial charge is 0.508 e. The quantitative estimate of drug-likeness (QED) is 0.779. The monoisotopic (exact) mass is 267 g/mol. The van der Waals surface area contributed by atoms with Gasteiger partial charge in [0.15, 0.2) is 0 Å². The van der Waals surface area contributed by atoms with E-state index in [-0.39, 0.29) is 18.1 Å². The number of aliphatic hydroxyl groups is 1. The summed E-state index contributed by atoms with van der Waals surface area (Å²) in [5.74, 6) is 1.03. The van der Waals surface area contributed by atoms with Crippen molar-refractivity contribution >= 4 is 11.8 Å².